The molecule has 0 atom stereocenters. The van der Waals surface area contributed by atoms with Gasteiger partial charge in [0.2, 0.25) is 0 Å². The Morgan fingerprint density at radius 3 is 2.62 bits per heavy atom. The minimum atomic E-state index is -2.88. The average Bonchev–Trinajstić information content (AvgIpc) is 3.05. The molecule has 0 saturated heterocycles. The van der Waals surface area contributed by atoms with Crippen molar-refractivity contribution in [2.45, 2.75) is 13.0 Å². The summed E-state index contributed by atoms with van der Waals surface area (Å²) in [5.41, 5.74) is 2.54. The van der Waals surface area contributed by atoms with Gasteiger partial charge in [0.15, 0.2) is 0 Å². The van der Waals surface area contributed by atoms with Gasteiger partial charge in [-0.3, -0.25) is 19.6 Å². The molecule has 0 unspecified atom stereocenters. The molecule has 0 fully saturated rings. The lowest BCUT2D eigenvalue weighted by molar-refractivity contribution is 0.146. The normalized spacial score (nSPS) is 11.4. The number of rotatable bonds is 4. The first kappa shape index (κ1) is 16.2. The lowest BCUT2D eigenvalue weighted by atomic mass is 10.0. The molecule has 3 aromatic heterocycles. The highest BCUT2D eigenvalue weighted by Gasteiger charge is 2.15. The van der Waals surface area contributed by atoms with Crippen LogP contribution < -0.4 is 0 Å². The molecule has 0 aliphatic rings. The van der Waals surface area contributed by atoms with E-state index in [1.165, 1.54) is 6.07 Å². The second kappa shape index (κ2) is 6.55. The van der Waals surface area contributed by atoms with E-state index in [9.17, 15) is 13.2 Å². The van der Waals surface area contributed by atoms with Crippen molar-refractivity contribution < 1.29 is 13.2 Å². The molecule has 0 bridgehead atoms. The maximum absolute atomic E-state index is 13.5. The van der Waals surface area contributed by atoms with Crippen molar-refractivity contribution in [3.05, 3.63) is 72.3 Å². The van der Waals surface area contributed by atoms with Crippen molar-refractivity contribution >= 4 is 11.0 Å². The van der Waals surface area contributed by atoms with Crippen LogP contribution >= 0.6 is 0 Å². The van der Waals surface area contributed by atoms with Gasteiger partial charge in [-0.25, -0.2) is 13.2 Å². The number of aromatic nitrogens is 5. The molecule has 130 valence electrons. The quantitative estimate of drug-likeness (QED) is 0.555. The number of halogens is 3. The Labute approximate surface area is 146 Å². The van der Waals surface area contributed by atoms with Crippen LogP contribution in [0.3, 0.4) is 0 Å². The predicted molar refractivity (Wildman–Crippen MR) is 89.0 cm³/mol. The van der Waals surface area contributed by atoms with E-state index in [1.807, 2.05) is 0 Å². The summed E-state index contributed by atoms with van der Waals surface area (Å²) in [4.78, 5) is 12.5. The number of pyridine rings is 1. The third kappa shape index (κ3) is 3.01. The summed E-state index contributed by atoms with van der Waals surface area (Å²) in [5.74, 6) is -0.925. The molecule has 0 spiro atoms. The van der Waals surface area contributed by atoms with Crippen molar-refractivity contribution in [3.63, 3.8) is 0 Å². The van der Waals surface area contributed by atoms with Gasteiger partial charge in [-0.1, -0.05) is 6.07 Å². The van der Waals surface area contributed by atoms with Gasteiger partial charge in [0.25, 0.3) is 6.43 Å². The molecular weight excluding hydrogens is 343 g/mol. The molecule has 5 nitrogen and oxygen atoms in total. The fourth-order valence-corrected chi connectivity index (χ4v) is 2.70. The maximum atomic E-state index is 13.5. The molecule has 0 N–H and O–H groups in total. The molecule has 0 aliphatic carbocycles. The highest BCUT2D eigenvalue weighted by atomic mass is 19.3. The van der Waals surface area contributed by atoms with Gasteiger partial charge in [0, 0.05) is 24.2 Å². The number of fused-ring (bicyclic) bond motifs is 1. The van der Waals surface area contributed by atoms with E-state index in [0.717, 1.165) is 23.3 Å². The number of alkyl halides is 2. The summed E-state index contributed by atoms with van der Waals surface area (Å²) in [5, 5.41) is 4.29. The zero-order valence-corrected chi connectivity index (χ0v) is 13.4. The third-order valence-electron chi connectivity index (χ3n) is 3.99. The molecule has 3 heterocycles. The van der Waals surface area contributed by atoms with E-state index < -0.39 is 17.8 Å². The second-order valence-corrected chi connectivity index (χ2v) is 5.66. The van der Waals surface area contributed by atoms with E-state index in [1.54, 1.807) is 41.7 Å². The van der Waals surface area contributed by atoms with Crippen molar-refractivity contribution in [2.24, 2.45) is 0 Å². The van der Waals surface area contributed by atoms with Crippen molar-refractivity contribution in [1.82, 2.24) is 24.7 Å². The van der Waals surface area contributed by atoms with Gasteiger partial charge in [-0.05, 0) is 23.8 Å². The fourth-order valence-electron chi connectivity index (χ4n) is 2.70. The monoisotopic (exact) mass is 355 g/mol. The smallest absolute Gasteiger partial charge is 0.261 e. The molecule has 26 heavy (non-hydrogen) atoms. The molecule has 8 heteroatoms. The number of hydrogen-bond acceptors (Lipinski definition) is 4. The Morgan fingerprint density at radius 1 is 0.962 bits per heavy atom. The first-order valence-electron chi connectivity index (χ1n) is 7.76. The predicted octanol–water partition coefficient (Wildman–Crippen LogP) is 4.01. The van der Waals surface area contributed by atoms with E-state index >= 15 is 0 Å². The number of benzene rings is 1. The summed E-state index contributed by atoms with van der Waals surface area (Å²) in [7, 11) is 0. The molecule has 0 radical (unpaired) electrons. The van der Waals surface area contributed by atoms with Crippen LogP contribution in [0.25, 0.3) is 22.2 Å². The summed E-state index contributed by atoms with van der Waals surface area (Å²) >= 11 is 0. The van der Waals surface area contributed by atoms with Crippen molar-refractivity contribution in [1.29, 1.82) is 0 Å². The standard InChI is InChI=1S/C18H12F3N5/c19-15-2-1-11(5-14(15)18(20)21)12-6-17-16(24-7-12)9-25-26(17)10-13-8-22-3-4-23-13/h1-9,18H,10H2. The molecular formula is C18H12F3N5. The molecule has 4 aromatic rings. The Kier molecular flexibility index (Phi) is 4.08. The van der Waals surface area contributed by atoms with Crippen LogP contribution in [0.15, 0.2) is 55.2 Å². The highest BCUT2D eigenvalue weighted by Crippen LogP contribution is 2.29. The zero-order chi connectivity index (χ0) is 18.1. The average molecular weight is 355 g/mol. The summed E-state index contributed by atoms with van der Waals surface area (Å²) < 4.78 is 41.1. The third-order valence-corrected chi connectivity index (χ3v) is 3.99. The van der Waals surface area contributed by atoms with Gasteiger partial charge in [-0.15, -0.1) is 0 Å². The van der Waals surface area contributed by atoms with Gasteiger partial charge in [0.05, 0.1) is 35.7 Å². The summed E-state index contributed by atoms with van der Waals surface area (Å²) in [6.45, 7) is 0.397. The van der Waals surface area contributed by atoms with E-state index in [0.29, 0.717) is 23.2 Å². The van der Waals surface area contributed by atoms with Crippen LogP contribution in [0.5, 0.6) is 0 Å². The van der Waals surface area contributed by atoms with Crippen molar-refractivity contribution in [3.8, 4) is 11.1 Å². The van der Waals surface area contributed by atoms with Gasteiger partial charge >= 0.3 is 0 Å². The zero-order valence-electron chi connectivity index (χ0n) is 13.4. The lowest BCUT2D eigenvalue weighted by Gasteiger charge is -2.07. The van der Waals surface area contributed by atoms with Crippen LogP contribution in [-0.4, -0.2) is 24.7 Å². The highest BCUT2D eigenvalue weighted by molar-refractivity contribution is 5.80. The van der Waals surface area contributed by atoms with Crippen LogP contribution in [0.1, 0.15) is 17.7 Å². The Bertz CT molecular complexity index is 1060. The Hall–Kier alpha value is -3.29. The van der Waals surface area contributed by atoms with Crippen LogP contribution in [-0.2, 0) is 6.54 Å². The molecule has 1 aromatic carbocycles. The molecule has 0 aliphatic heterocycles. The fraction of sp³-hybridized carbons (Fsp3) is 0.111. The lowest BCUT2D eigenvalue weighted by Crippen LogP contribution is -2.03. The minimum Gasteiger partial charge on any atom is -0.261 e. The topological polar surface area (TPSA) is 56.5 Å². The molecule has 0 saturated carbocycles. The van der Waals surface area contributed by atoms with Gasteiger partial charge < -0.3 is 0 Å². The SMILES string of the molecule is Fc1ccc(-c2cnc3cnn(Cc4cnccn4)c3c2)cc1C(F)F. The maximum Gasteiger partial charge on any atom is 0.266 e. The van der Waals surface area contributed by atoms with E-state index in [2.05, 4.69) is 20.1 Å². The molecule has 0 amide bonds. The summed E-state index contributed by atoms with van der Waals surface area (Å²) in [6.07, 6.45) is 5.10. The molecule has 4 rings (SSSR count). The minimum absolute atomic E-state index is 0.397. The van der Waals surface area contributed by atoms with Crippen molar-refractivity contribution in [2.75, 3.05) is 0 Å². The number of hydrogen-bond donors (Lipinski definition) is 0. The Balaban J connectivity index is 1.76. The second-order valence-electron chi connectivity index (χ2n) is 5.66. The van der Waals surface area contributed by atoms with Gasteiger partial charge in [-0.2, -0.15) is 5.10 Å². The van der Waals surface area contributed by atoms with Crippen LogP contribution in [0.4, 0.5) is 13.2 Å². The van der Waals surface area contributed by atoms with Crippen LogP contribution in [0, 0.1) is 5.82 Å². The van der Waals surface area contributed by atoms with E-state index in [4.69, 9.17) is 0 Å². The van der Waals surface area contributed by atoms with E-state index in [-0.39, 0.29) is 0 Å². The number of nitrogens with zero attached hydrogens (tertiary/aromatic N) is 5. The van der Waals surface area contributed by atoms with Crippen LogP contribution in [0.2, 0.25) is 0 Å². The first-order chi connectivity index (χ1) is 12.6. The largest absolute Gasteiger partial charge is 0.266 e. The van der Waals surface area contributed by atoms with Gasteiger partial charge in [0.1, 0.15) is 11.3 Å². The first-order valence-corrected chi connectivity index (χ1v) is 7.76. The Morgan fingerprint density at radius 2 is 1.85 bits per heavy atom. The summed E-state index contributed by atoms with van der Waals surface area (Å²) in [6, 6.07) is 5.42.